The number of hydrogen-bond acceptors (Lipinski definition) is 5. The van der Waals surface area contributed by atoms with E-state index in [1.165, 1.54) is 19.2 Å². The number of hydrogen-bond donors (Lipinski definition) is 2. The molecule has 28 heavy (non-hydrogen) atoms. The fraction of sp³-hybridized carbons (Fsp3) is 0.227. The van der Waals surface area contributed by atoms with Crippen molar-refractivity contribution in [2.45, 2.75) is 31.7 Å². The van der Waals surface area contributed by atoms with E-state index in [2.05, 4.69) is 20.6 Å². The van der Waals surface area contributed by atoms with Gasteiger partial charge in [0.2, 0.25) is 0 Å². The Morgan fingerprint density at radius 2 is 1.64 bits per heavy atom. The SMILES string of the molecule is O=C(Nc1ccc(Oc2ccccc2)cc1)c1cc(NC2CCCC2)ncn1. The van der Waals surface area contributed by atoms with Crippen LogP contribution in [0, 0.1) is 0 Å². The summed E-state index contributed by atoms with van der Waals surface area (Å²) in [7, 11) is 0. The van der Waals surface area contributed by atoms with Crippen LogP contribution < -0.4 is 15.4 Å². The zero-order valence-corrected chi connectivity index (χ0v) is 15.5. The van der Waals surface area contributed by atoms with Crippen LogP contribution in [0.1, 0.15) is 36.2 Å². The second-order valence-corrected chi connectivity index (χ2v) is 6.81. The van der Waals surface area contributed by atoms with Crippen LogP contribution in [0.25, 0.3) is 0 Å². The lowest BCUT2D eigenvalue weighted by Gasteiger charge is -2.13. The second kappa shape index (κ2) is 8.52. The number of carbonyl (C=O) groups excluding carboxylic acids is 1. The Hall–Kier alpha value is -3.41. The summed E-state index contributed by atoms with van der Waals surface area (Å²) in [5, 5.41) is 6.24. The van der Waals surface area contributed by atoms with E-state index in [1.54, 1.807) is 18.2 Å². The lowest BCUT2D eigenvalue weighted by atomic mass is 10.2. The summed E-state index contributed by atoms with van der Waals surface area (Å²) in [6.45, 7) is 0. The van der Waals surface area contributed by atoms with E-state index in [4.69, 9.17) is 4.74 Å². The van der Waals surface area contributed by atoms with E-state index < -0.39 is 0 Å². The molecule has 6 heteroatoms. The van der Waals surface area contributed by atoms with Gasteiger partial charge in [0.1, 0.15) is 29.3 Å². The van der Waals surface area contributed by atoms with Crippen LogP contribution in [-0.2, 0) is 0 Å². The molecule has 0 aliphatic heterocycles. The van der Waals surface area contributed by atoms with Gasteiger partial charge in [-0.1, -0.05) is 31.0 Å². The van der Waals surface area contributed by atoms with Crippen molar-refractivity contribution in [3.8, 4) is 11.5 Å². The molecule has 0 radical (unpaired) electrons. The summed E-state index contributed by atoms with van der Waals surface area (Å²) in [4.78, 5) is 20.8. The summed E-state index contributed by atoms with van der Waals surface area (Å²) < 4.78 is 5.76. The third-order valence-corrected chi connectivity index (χ3v) is 4.70. The monoisotopic (exact) mass is 374 g/mol. The maximum atomic E-state index is 12.5. The largest absolute Gasteiger partial charge is 0.457 e. The highest BCUT2D eigenvalue weighted by Gasteiger charge is 2.16. The minimum Gasteiger partial charge on any atom is -0.457 e. The number of benzene rings is 2. The first kappa shape index (κ1) is 18.0. The summed E-state index contributed by atoms with van der Waals surface area (Å²) in [6, 6.07) is 18.9. The number of nitrogens with zero attached hydrogens (tertiary/aromatic N) is 2. The van der Waals surface area contributed by atoms with Crippen molar-refractivity contribution < 1.29 is 9.53 Å². The van der Waals surface area contributed by atoms with Crippen LogP contribution in [0.5, 0.6) is 11.5 Å². The highest BCUT2D eigenvalue weighted by Crippen LogP contribution is 2.23. The molecule has 1 aliphatic rings. The molecule has 6 nitrogen and oxygen atoms in total. The molecule has 1 saturated carbocycles. The van der Waals surface area contributed by atoms with Crippen LogP contribution in [-0.4, -0.2) is 21.9 Å². The van der Waals surface area contributed by atoms with E-state index in [-0.39, 0.29) is 5.91 Å². The normalized spacial score (nSPS) is 13.9. The van der Waals surface area contributed by atoms with Crippen molar-refractivity contribution in [1.82, 2.24) is 9.97 Å². The molecule has 3 aromatic rings. The van der Waals surface area contributed by atoms with Crippen molar-refractivity contribution in [2.24, 2.45) is 0 Å². The molecule has 1 aromatic heterocycles. The first-order valence-corrected chi connectivity index (χ1v) is 9.49. The highest BCUT2D eigenvalue weighted by molar-refractivity contribution is 6.03. The fourth-order valence-electron chi connectivity index (χ4n) is 3.27. The van der Waals surface area contributed by atoms with Gasteiger partial charge in [-0.15, -0.1) is 0 Å². The summed E-state index contributed by atoms with van der Waals surface area (Å²) in [5.74, 6) is 1.89. The summed E-state index contributed by atoms with van der Waals surface area (Å²) >= 11 is 0. The molecule has 142 valence electrons. The predicted molar refractivity (Wildman–Crippen MR) is 109 cm³/mol. The van der Waals surface area contributed by atoms with Gasteiger partial charge in [-0.05, 0) is 49.2 Å². The van der Waals surface area contributed by atoms with Gasteiger partial charge < -0.3 is 15.4 Å². The van der Waals surface area contributed by atoms with Gasteiger partial charge >= 0.3 is 0 Å². The van der Waals surface area contributed by atoms with Crippen molar-refractivity contribution in [1.29, 1.82) is 0 Å². The molecule has 2 aromatic carbocycles. The Morgan fingerprint density at radius 1 is 0.929 bits per heavy atom. The first-order valence-electron chi connectivity index (χ1n) is 9.49. The van der Waals surface area contributed by atoms with Gasteiger partial charge in [-0.3, -0.25) is 4.79 Å². The lowest BCUT2D eigenvalue weighted by Crippen LogP contribution is -2.18. The third-order valence-electron chi connectivity index (χ3n) is 4.70. The average Bonchev–Trinajstić information content (AvgIpc) is 3.23. The van der Waals surface area contributed by atoms with Crippen molar-refractivity contribution in [2.75, 3.05) is 10.6 Å². The Morgan fingerprint density at radius 3 is 2.39 bits per heavy atom. The van der Waals surface area contributed by atoms with Crippen molar-refractivity contribution in [3.05, 3.63) is 72.7 Å². The number of anilines is 2. The number of nitrogens with one attached hydrogen (secondary N) is 2. The maximum Gasteiger partial charge on any atom is 0.274 e. The lowest BCUT2D eigenvalue weighted by molar-refractivity contribution is 0.102. The quantitative estimate of drug-likeness (QED) is 0.643. The molecule has 1 fully saturated rings. The third kappa shape index (κ3) is 4.65. The minimum atomic E-state index is -0.270. The number of para-hydroxylation sites is 1. The van der Waals surface area contributed by atoms with Crippen LogP contribution in [0.4, 0.5) is 11.5 Å². The average molecular weight is 374 g/mol. The topological polar surface area (TPSA) is 76.1 Å². The zero-order chi connectivity index (χ0) is 19.2. The van der Waals surface area contributed by atoms with E-state index >= 15 is 0 Å². The van der Waals surface area contributed by atoms with Crippen LogP contribution in [0.3, 0.4) is 0 Å². The zero-order valence-electron chi connectivity index (χ0n) is 15.5. The van der Waals surface area contributed by atoms with Crippen LogP contribution in [0.15, 0.2) is 67.0 Å². The van der Waals surface area contributed by atoms with Gasteiger partial charge in [0.25, 0.3) is 5.91 Å². The standard InChI is InChI=1S/C22H22N4O2/c27-22(20-14-21(24-15-23-20)25-16-6-4-5-7-16)26-17-10-12-19(13-11-17)28-18-8-2-1-3-9-18/h1-3,8-16H,4-7H2,(H,26,27)(H,23,24,25). The number of carbonyl (C=O) groups is 1. The Kier molecular flexibility index (Phi) is 5.47. The fourth-order valence-corrected chi connectivity index (χ4v) is 3.27. The molecule has 1 heterocycles. The molecular weight excluding hydrogens is 352 g/mol. The van der Waals surface area contributed by atoms with E-state index in [1.807, 2.05) is 42.5 Å². The van der Waals surface area contributed by atoms with Crippen LogP contribution in [0.2, 0.25) is 0 Å². The smallest absolute Gasteiger partial charge is 0.274 e. The Labute approximate surface area is 164 Å². The molecule has 1 amide bonds. The molecule has 0 saturated heterocycles. The molecule has 0 atom stereocenters. The molecule has 1 aliphatic carbocycles. The van der Waals surface area contributed by atoms with Gasteiger partial charge in [0.15, 0.2) is 0 Å². The van der Waals surface area contributed by atoms with Gasteiger partial charge in [0, 0.05) is 17.8 Å². The van der Waals surface area contributed by atoms with E-state index in [0.717, 1.165) is 18.6 Å². The molecule has 4 rings (SSSR count). The van der Waals surface area contributed by atoms with E-state index in [9.17, 15) is 4.79 Å². The van der Waals surface area contributed by atoms with E-state index in [0.29, 0.717) is 29.0 Å². The molecule has 0 unspecified atom stereocenters. The molecule has 0 bridgehead atoms. The van der Waals surface area contributed by atoms with Crippen molar-refractivity contribution >= 4 is 17.4 Å². The Bertz CT molecular complexity index is 923. The number of ether oxygens (including phenoxy) is 1. The maximum absolute atomic E-state index is 12.5. The summed E-state index contributed by atoms with van der Waals surface area (Å²) in [6.07, 6.45) is 6.18. The number of amides is 1. The number of aromatic nitrogens is 2. The van der Waals surface area contributed by atoms with Gasteiger partial charge in [0.05, 0.1) is 0 Å². The predicted octanol–water partition coefficient (Wildman–Crippen LogP) is 4.88. The Balaban J connectivity index is 1.38. The first-order chi connectivity index (χ1) is 13.8. The number of rotatable bonds is 6. The second-order valence-electron chi connectivity index (χ2n) is 6.81. The molecule has 2 N–H and O–H groups in total. The summed E-state index contributed by atoms with van der Waals surface area (Å²) in [5.41, 5.74) is 1.01. The van der Waals surface area contributed by atoms with Gasteiger partial charge in [-0.2, -0.15) is 0 Å². The minimum absolute atomic E-state index is 0.270. The highest BCUT2D eigenvalue weighted by atomic mass is 16.5. The molecular formula is C22H22N4O2. The molecule has 0 spiro atoms. The van der Waals surface area contributed by atoms with Gasteiger partial charge in [-0.25, -0.2) is 9.97 Å². The van der Waals surface area contributed by atoms with Crippen molar-refractivity contribution in [3.63, 3.8) is 0 Å². The van der Waals surface area contributed by atoms with Crippen LogP contribution >= 0.6 is 0 Å².